The molecular weight excluding hydrogens is 702 g/mol. The molecule has 0 radical (unpaired) electrons. The van der Waals surface area contributed by atoms with Gasteiger partial charge in [0, 0.05) is 46.4 Å². The first-order valence-electron chi connectivity index (χ1n) is 17.0. The van der Waals surface area contributed by atoms with Crippen LogP contribution >= 0.6 is 24.2 Å². The zero-order chi connectivity index (χ0) is 38.1. The maximum Gasteiger partial charge on any atom is 0.409 e. The van der Waals surface area contributed by atoms with Crippen LogP contribution in [-0.4, -0.2) is 115 Å². The number of epoxide rings is 1. The minimum atomic E-state index is -1.79. The quantitative estimate of drug-likeness (QED) is 0.181. The fourth-order valence-electron chi connectivity index (χ4n) is 6.83. The summed E-state index contributed by atoms with van der Waals surface area (Å²) < 4.78 is 29.3. The number of esters is 1. The molecule has 3 N–H and O–H groups in total. The fraction of sp³-hybridized carbons (Fsp3) is 0.639. The minimum Gasteiger partial charge on any atom is -0.495 e. The first kappa shape index (κ1) is 40.8. The number of thiol groups is 1. The van der Waals surface area contributed by atoms with E-state index in [1.807, 2.05) is 32.1 Å². The summed E-state index contributed by atoms with van der Waals surface area (Å²) in [7, 11) is 6.17. The van der Waals surface area contributed by atoms with E-state index < -0.39 is 65.5 Å². The number of fused-ring (bicyclic) bond motifs is 5. The van der Waals surface area contributed by atoms with Crippen molar-refractivity contribution in [3.63, 3.8) is 0 Å². The predicted octanol–water partition coefficient (Wildman–Crippen LogP) is 4.02. The smallest absolute Gasteiger partial charge is 0.409 e. The SMILES string of the molecule is COc1cc2cc(c1Cl)N(C)C(C)(OC(=O)[C@H](C)N(C)C(=O)CCS)C[C@H](O)[C@]1(C)O[C@H]1[C@H](C)[C@@H]1C[C@@](O)(NC(=O)O1)[C@H](OC)/C=C/C=C(\C)C2. The zero-order valence-corrected chi connectivity index (χ0v) is 32.4. The summed E-state index contributed by atoms with van der Waals surface area (Å²) in [6.07, 6.45) is 1.40. The summed E-state index contributed by atoms with van der Waals surface area (Å²) in [4.78, 5) is 42.2. The second-order valence-corrected chi connectivity index (χ2v) is 15.0. The molecule has 0 aromatic heterocycles. The lowest BCUT2D eigenvalue weighted by Gasteiger charge is -2.43. The van der Waals surface area contributed by atoms with Crippen molar-refractivity contribution in [1.82, 2.24) is 10.2 Å². The van der Waals surface area contributed by atoms with E-state index in [2.05, 4.69) is 17.9 Å². The van der Waals surface area contributed by atoms with Gasteiger partial charge in [-0.15, -0.1) is 0 Å². The average molecular weight is 754 g/mol. The van der Waals surface area contributed by atoms with Crippen LogP contribution in [0.3, 0.4) is 0 Å². The molecule has 0 spiro atoms. The Balaban J connectivity index is 1.82. The van der Waals surface area contributed by atoms with Gasteiger partial charge in [-0.25, -0.2) is 9.59 Å². The summed E-state index contributed by atoms with van der Waals surface area (Å²) in [5.74, 6) is -0.733. The maximum absolute atomic E-state index is 13.8. The number of likely N-dealkylation sites (N-methyl/N-ethyl adjacent to an activating group) is 1. The lowest BCUT2D eigenvalue weighted by Crippen LogP contribution is -2.63. The van der Waals surface area contributed by atoms with Crippen LogP contribution in [0.2, 0.25) is 5.02 Å². The van der Waals surface area contributed by atoms with Crippen LogP contribution in [0.1, 0.15) is 59.4 Å². The molecule has 2 fully saturated rings. The van der Waals surface area contributed by atoms with Crippen LogP contribution in [0.5, 0.6) is 5.75 Å². The molecule has 0 aliphatic carbocycles. The van der Waals surface area contributed by atoms with Crippen molar-refractivity contribution in [3.8, 4) is 5.75 Å². The topological polar surface area (TPSA) is 160 Å². The number of nitrogens with one attached hydrogen (secondary N) is 1. The van der Waals surface area contributed by atoms with Crippen molar-refractivity contribution in [2.45, 2.75) is 108 Å². The number of nitrogens with zero attached hydrogens (tertiary/aromatic N) is 2. The van der Waals surface area contributed by atoms with Gasteiger partial charge >= 0.3 is 12.1 Å². The molecule has 15 heteroatoms. The van der Waals surface area contributed by atoms with Crippen LogP contribution in [0.15, 0.2) is 35.9 Å². The van der Waals surface area contributed by atoms with Crippen LogP contribution in [0, 0.1) is 5.92 Å². The number of carbonyl (C=O) groups excluding carboxylic acids is 3. The summed E-state index contributed by atoms with van der Waals surface area (Å²) in [6.45, 7) is 8.72. The van der Waals surface area contributed by atoms with Gasteiger partial charge in [-0.2, -0.15) is 12.6 Å². The lowest BCUT2D eigenvalue weighted by atomic mass is 9.83. The highest BCUT2D eigenvalue weighted by molar-refractivity contribution is 7.80. The molecule has 1 aromatic rings. The Hall–Kier alpha value is -3.01. The predicted molar refractivity (Wildman–Crippen MR) is 195 cm³/mol. The van der Waals surface area contributed by atoms with Crippen LogP contribution in [0.4, 0.5) is 10.5 Å². The van der Waals surface area contributed by atoms with Gasteiger partial charge in [0.1, 0.15) is 34.6 Å². The number of rotatable bonds is 7. The third kappa shape index (κ3) is 8.63. The van der Waals surface area contributed by atoms with Gasteiger partial charge in [-0.1, -0.05) is 42.3 Å². The Morgan fingerprint density at radius 2 is 1.94 bits per heavy atom. The molecule has 51 heavy (non-hydrogen) atoms. The maximum atomic E-state index is 13.8. The van der Waals surface area contributed by atoms with E-state index in [1.165, 1.54) is 26.2 Å². The molecule has 284 valence electrons. The van der Waals surface area contributed by atoms with Crippen molar-refractivity contribution in [3.05, 3.63) is 46.5 Å². The normalized spacial score (nSPS) is 34.8. The van der Waals surface area contributed by atoms with E-state index in [-0.39, 0.29) is 30.2 Å². The van der Waals surface area contributed by atoms with Gasteiger partial charge in [0.05, 0.1) is 25.0 Å². The number of amides is 2. The van der Waals surface area contributed by atoms with E-state index in [9.17, 15) is 24.6 Å². The van der Waals surface area contributed by atoms with Crippen molar-refractivity contribution < 1.29 is 48.3 Å². The molecule has 4 rings (SSSR count). The Morgan fingerprint density at radius 3 is 2.57 bits per heavy atom. The molecular formula is C36H52ClN3O10S. The largest absolute Gasteiger partial charge is 0.495 e. The molecule has 2 saturated heterocycles. The minimum absolute atomic E-state index is 0.0168. The molecule has 0 saturated carbocycles. The van der Waals surface area contributed by atoms with Gasteiger partial charge in [0.25, 0.3) is 0 Å². The molecule has 13 nitrogen and oxygen atoms in total. The van der Waals surface area contributed by atoms with Crippen molar-refractivity contribution in [1.29, 1.82) is 0 Å². The molecule has 3 heterocycles. The van der Waals surface area contributed by atoms with Gasteiger partial charge in [-0.05, 0) is 57.6 Å². The number of alkyl carbamates (subject to hydrolysis) is 1. The fourth-order valence-corrected chi connectivity index (χ4v) is 7.34. The number of methoxy groups -OCH3 is 2. The van der Waals surface area contributed by atoms with Gasteiger partial charge in [-0.3, -0.25) is 10.1 Å². The van der Waals surface area contributed by atoms with E-state index in [1.54, 1.807) is 44.9 Å². The molecule has 3 aliphatic heterocycles. The van der Waals surface area contributed by atoms with Crippen LogP contribution in [0.25, 0.3) is 0 Å². The highest BCUT2D eigenvalue weighted by atomic mass is 35.5. The first-order valence-corrected chi connectivity index (χ1v) is 18.0. The van der Waals surface area contributed by atoms with E-state index in [4.69, 9.17) is 35.3 Å². The van der Waals surface area contributed by atoms with Gasteiger partial charge in [0.15, 0.2) is 11.4 Å². The van der Waals surface area contributed by atoms with Crippen molar-refractivity contribution >= 4 is 47.9 Å². The second kappa shape index (κ2) is 15.9. The van der Waals surface area contributed by atoms with Crippen LogP contribution < -0.4 is 15.0 Å². The van der Waals surface area contributed by atoms with Crippen LogP contribution in [-0.2, 0) is 35.0 Å². The van der Waals surface area contributed by atoms with Crippen molar-refractivity contribution in [2.24, 2.45) is 5.92 Å². The lowest BCUT2D eigenvalue weighted by molar-refractivity contribution is -0.169. The molecule has 2 amide bonds. The molecule has 4 bridgehead atoms. The number of hydrogen-bond donors (Lipinski definition) is 4. The van der Waals surface area contributed by atoms with E-state index in [0.717, 1.165) is 11.1 Å². The molecule has 1 aromatic carbocycles. The number of benzene rings is 1. The Labute approximate surface area is 310 Å². The number of aliphatic hydroxyl groups excluding tert-OH is 1. The number of hydrogen-bond acceptors (Lipinski definition) is 12. The third-order valence-electron chi connectivity index (χ3n) is 10.5. The second-order valence-electron chi connectivity index (χ2n) is 14.2. The Kier molecular flexibility index (Phi) is 12.7. The summed E-state index contributed by atoms with van der Waals surface area (Å²) in [5, 5.41) is 26.3. The molecule has 1 unspecified atom stereocenters. The number of aliphatic hydroxyl groups is 2. The monoisotopic (exact) mass is 753 g/mol. The first-order chi connectivity index (χ1) is 23.8. The summed E-state index contributed by atoms with van der Waals surface area (Å²) in [6, 6.07) is 2.72. The number of anilines is 1. The zero-order valence-electron chi connectivity index (χ0n) is 30.8. The standard InChI is InChI=1S/C36H52ClN3O10S/c1-20-11-10-12-28(47-9)36(45)18-26(48-33(44)38-36)21(2)31-35(5,49-31)27(41)19-34(4,50-32(43)22(3)39(6)29(42)13-14-51)40(7)24-16-23(15-20)17-25(46-8)30(24)37/h10-12,16-17,21-22,26-28,31,41,45,51H,13-15,18-19H2,1-9H3,(H,38,44)/b12-10+,20-11+/t21-,22+,26+,27+,28-,31+,34?,35+,36+/m1/s1. The van der Waals surface area contributed by atoms with Gasteiger partial charge < -0.3 is 43.7 Å². The number of ether oxygens (including phenoxy) is 5. The number of allylic oxidation sites excluding steroid dienone is 3. The van der Waals surface area contributed by atoms with E-state index >= 15 is 0 Å². The number of halogens is 1. The van der Waals surface area contributed by atoms with Gasteiger partial charge in [0.2, 0.25) is 5.91 Å². The Bertz CT molecular complexity index is 1540. The summed E-state index contributed by atoms with van der Waals surface area (Å²) in [5.41, 5.74) is -2.25. The Morgan fingerprint density at radius 1 is 1.25 bits per heavy atom. The van der Waals surface area contributed by atoms with Crippen molar-refractivity contribution in [2.75, 3.05) is 39.0 Å². The molecule has 9 atom stereocenters. The highest BCUT2D eigenvalue weighted by Crippen LogP contribution is 2.49. The number of carbonyl (C=O) groups is 3. The molecule has 3 aliphatic rings. The highest BCUT2D eigenvalue weighted by Gasteiger charge is 2.63. The summed E-state index contributed by atoms with van der Waals surface area (Å²) >= 11 is 11.1. The average Bonchev–Trinajstić information content (AvgIpc) is 3.77. The third-order valence-corrected chi connectivity index (χ3v) is 11.1. The van der Waals surface area contributed by atoms with E-state index in [0.29, 0.717) is 23.6 Å².